The zero-order valence-electron chi connectivity index (χ0n) is 16.6. The van der Waals surface area contributed by atoms with Crippen LogP contribution in [0.5, 0.6) is 5.75 Å². The highest BCUT2D eigenvalue weighted by molar-refractivity contribution is 7.89. The molecular weight excluding hydrogens is 392 g/mol. The van der Waals surface area contributed by atoms with Gasteiger partial charge in [0, 0.05) is 18.7 Å². The highest BCUT2D eigenvalue weighted by Gasteiger charge is 2.27. The summed E-state index contributed by atoms with van der Waals surface area (Å²) >= 11 is 0. The van der Waals surface area contributed by atoms with Crippen molar-refractivity contribution in [2.75, 3.05) is 33.4 Å². The molecule has 3 rings (SSSR count). The number of hydrogen-bond acceptors (Lipinski definition) is 5. The number of carbonyl (C=O) groups is 1. The van der Waals surface area contributed by atoms with E-state index in [-0.39, 0.29) is 16.8 Å². The van der Waals surface area contributed by atoms with Crippen molar-refractivity contribution >= 4 is 15.9 Å². The van der Waals surface area contributed by atoms with Gasteiger partial charge in [-0.15, -0.1) is 0 Å². The zero-order valence-corrected chi connectivity index (χ0v) is 17.4. The Labute approximate surface area is 171 Å². The molecule has 0 aliphatic carbocycles. The third-order valence-electron chi connectivity index (χ3n) is 4.94. The number of morpholine rings is 1. The lowest BCUT2D eigenvalue weighted by molar-refractivity contribution is 0.0730. The van der Waals surface area contributed by atoms with Crippen molar-refractivity contribution < 1.29 is 22.7 Å². The molecule has 156 valence electrons. The molecule has 7 nitrogen and oxygen atoms in total. The van der Waals surface area contributed by atoms with Gasteiger partial charge in [-0.3, -0.25) is 4.79 Å². The van der Waals surface area contributed by atoms with Gasteiger partial charge in [-0.05, 0) is 42.3 Å². The Balaban J connectivity index is 1.77. The van der Waals surface area contributed by atoms with Crippen LogP contribution in [0.2, 0.25) is 0 Å². The second-order valence-electron chi connectivity index (χ2n) is 6.75. The molecule has 0 bridgehead atoms. The molecular formula is C21H26N2O5S. The van der Waals surface area contributed by atoms with Crippen molar-refractivity contribution in [3.63, 3.8) is 0 Å². The van der Waals surface area contributed by atoms with Gasteiger partial charge >= 0.3 is 0 Å². The van der Waals surface area contributed by atoms with Crippen LogP contribution < -0.4 is 10.1 Å². The zero-order chi connectivity index (χ0) is 20.9. The summed E-state index contributed by atoms with van der Waals surface area (Å²) in [6.07, 6.45) is 0.698. The highest BCUT2D eigenvalue weighted by atomic mass is 32.2. The van der Waals surface area contributed by atoms with E-state index in [1.165, 1.54) is 16.4 Å². The van der Waals surface area contributed by atoms with Gasteiger partial charge < -0.3 is 14.8 Å². The van der Waals surface area contributed by atoms with Gasteiger partial charge in [0.15, 0.2) is 0 Å². The van der Waals surface area contributed by atoms with Crippen LogP contribution in [0.1, 0.15) is 35.3 Å². The molecule has 0 unspecified atom stereocenters. The number of rotatable bonds is 7. The van der Waals surface area contributed by atoms with E-state index in [1.807, 2.05) is 31.2 Å². The fourth-order valence-corrected chi connectivity index (χ4v) is 4.69. The topological polar surface area (TPSA) is 84.9 Å². The SMILES string of the molecule is CC[C@H](NC(=O)c1cccc(S(=O)(=O)N2CCOCC2)c1)c1ccc(OC)cc1. The molecule has 1 fully saturated rings. The van der Waals surface area contributed by atoms with Crippen LogP contribution in [0, 0.1) is 0 Å². The maximum Gasteiger partial charge on any atom is 0.251 e. The summed E-state index contributed by atoms with van der Waals surface area (Å²) in [7, 11) is -2.05. The van der Waals surface area contributed by atoms with Gasteiger partial charge in [0.05, 0.1) is 31.3 Å². The van der Waals surface area contributed by atoms with Gasteiger partial charge in [0.1, 0.15) is 5.75 Å². The van der Waals surface area contributed by atoms with Crippen molar-refractivity contribution in [3.8, 4) is 5.75 Å². The first kappa shape index (κ1) is 21.3. The van der Waals surface area contributed by atoms with Crippen molar-refractivity contribution in [1.82, 2.24) is 9.62 Å². The Morgan fingerprint density at radius 2 is 1.86 bits per heavy atom. The number of nitrogens with zero attached hydrogens (tertiary/aromatic N) is 1. The summed E-state index contributed by atoms with van der Waals surface area (Å²) < 4.78 is 37.5. The summed E-state index contributed by atoms with van der Waals surface area (Å²) in [6, 6.07) is 13.5. The Hall–Kier alpha value is -2.42. The number of sulfonamides is 1. The Kier molecular flexibility index (Phi) is 6.89. The minimum atomic E-state index is -3.65. The normalized spacial score (nSPS) is 16.2. The van der Waals surface area contributed by atoms with E-state index in [0.29, 0.717) is 38.3 Å². The third kappa shape index (κ3) is 4.95. The largest absolute Gasteiger partial charge is 0.497 e. The van der Waals surface area contributed by atoms with E-state index in [4.69, 9.17) is 9.47 Å². The standard InChI is InChI=1S/C21H26N2O5S/c1-3-20(16-7-9-18(27-2)10-8-16)22-21(24)17-5-4-6-19(15-17)29(25,26)23-11-13-28-14-12-23/h4-10,15,20H,3,11-14H2,1-2H3,(H,22,24)/t20-/m0/s1. The lowest BCUT2D eigenvalue weighted by atomic mass is 10.0. The minimum Gasteiger partial charge on any atom is -0.497 e. The highest BCUT2D eigenvalue weighted by Crippen LogP contribution is 2.22. The number of ether oxygens (including phenoxy) is 2. The van der Waals surface area contributed by atoms with E-state index in [9.17, 15) is 13.2 Å². The molecule has 1 saturated heterocycles. The average Bonchev–Trinajstić information content (AvgIpc) is 2.78. The van der Waals surface area contributed by atoms with E-state index in [2.05, 4.69) is 5.32 Å². The predicted molar refractivity (Wildman–Crippen MR) is 110 cm³/mol. The predicted octanol–water partition coefficient (Wildman–Crippen LogP) is 2.60. The lowest BCUT2D eigenvalue weighted by Crippen LogP contribution is -2.40. The van der Waals surface area contributed by atoms with Crippen LogP contribution in [0.3, 0.4) is 0 Å². The van der Waals surface area contributed by atoms with Crippen LogP contribution in [0.4, 0.5) is 0 Å². The van der Waals surface area contributed by atoms with Gasteiger partial charge in [-0.25, -0.2) is 8.42 Å². The molecule has 0 radical (unpaired) electrons. The molecule has 29 heavy (non-hydrogen) atoms. The smallest absolute Gasteiger partial charge is 0.251 e. The summed E-state index contributed by atoms with van der Waals surface area (Å²) in [4.78, 5) is 12.9. The van der Waals surface area contributed by atoms with Gasteiger partial charge in [0.25, 0.3) is 5.91 Å². The molecule has 8 heteroatoms. The van der Waals surface area contributed by atoms with E-state index in [0.717, 1.165) is 11.3 Å². The van der Waals surface area contributed by atoms with E-state index < -0.39 is 10.0 Å². The van der Waals surface area contributed by atoms with Crippen molar-refractivity contribution in [3.05, 3.63) is 59.7 Å². The quantitative estimate of drug-likeness (QED) is 0.747. The maximum atomic E-state index is 12.8. The van der Waals surface area contributed by atoms with Crippen molar-refractivity contribution in [2.45, 2.75) is 24.3 Å². The third-order valence-corrected chi connectivity index (χ3v) is 6.83. The van der Waals surface area contributed by atoms with Crippen LogP contribution in [0.25, 0.3) is 0 Å². The fraction of sp³-hybridized carbons (Fsp3) is 0.381. The number of carbonyl (C=O) groups excluding carboxylic acids is 1. The average molecular weight is 419 g/mol. The number of methoxy groups -OCH3 is 1. The molecule has 0 saturated carbocycles. The first-order chi connectivity index (χ1) is 14.0. The Bertz CT molecular complexity index is 938. The fourth-order valence-electron chi connectivity index (χ4n) is 3.23. The van der Waals surface area contributed by atoms with E-state index >= 15 is 0 Å². The van der Waals surface area contributed by atoms with Crippen molar-refractivity contribution in [1.29, 1.82) is 0 Å². The van der Waals surface area contributed by atoms with Gasteiger partial charge in [-0.1, -0.05) is 25.1 Å². The first-order valence-electron chi connectivity index (χ1n) is 9.58. The van der Waals surface area contributed by atoms with Gasteiger partial charge in [-0.2, -0.15) is 4.31 Å². The minimum absolute atomic E-state index is 0.115. The van der Waals surface area contributed by atoms with Crippen LogP contribution in [-0.4, -0.2) is 52.0 Å². The summed E-state index contributed by atoms with van der Waals surface area (Å²) in [6.45, 7) is 3.36. The molecule has 1 aliphatic heterocycles. The van der Waals surface area contributed by atoms with Crippen LogP contribution >= 0.6 is 0 Å². The Morgan fingerprint density at radius 3 is 2.48 bits per heavy atom. The van der Waals surface area contributed by atoms with E-state index in [1.54, 1.807) is 19.2 Å². The lowest BCUT2D eigenvalue weighted by Gasteiger charge is -2.26. The number of amides is 1. The first-order valence-corrected chi connectivity index (χ1v) is 11.0. The molecule has 1 N–H and O–H groups in total. The second-order valence-corrected chi connectivity index (χ2v) is 8.69. The monoisotopic (exact) mass is 418 g/mol. The molecule has 2 aromatic rings. The molecule has 0 aromatic heterocycles. The number of hydrogen-bond donors (Lipinski definition) is 1. The summed E-state index contributed by atoms with van der Waals surface area (Å²) in [5.74, 6) is 0.433. The number of benzene rings is 2. The second kappa shape index (κ2) is 9.39. The molecule has 1 aliphatic rings. The van der Waals surface area contributed by atoms with Crippen LogP contribution in [0.15, 0.2) is 53.4 Å². The summed E-state index contributed by atoms with van der Waals surface area (Å²) in [5.41, 5.74) is 1.27. The molecule has 1 heterocycles. The molecule has 0 spiro atoms. The molecule has 1 amide bonds. The number of nitrogens with one attached hydrogen (secondary N) is 1. The summed E-state index contributed by atoms with van der Waals surface area (Å²) in [5, 5.41) is 2.99. The Morgan fingerprint density at radius 1 is 1.17 bits per heavy atom. The van der Waals surface area contributed by atoms with Crippen LogP contribution in [-0.2, 0) is 14.8 Å². The maximum absolute atomic E-state index is 12.8. The van der Waals surface area contributed by atoms with Crippen molar-refractivity contribution in [2.24, 2.45) is 0 Å². The van der Waals surface area contributed by atoms with Gasteiger partial charge in [0.2, 0.25) is 10.0 Å². The molecule has 1 atom stereocenters. The molecule has 2 aromatic carbocycles.